The summed E-state index contributed by atoms with van der Waals surface area (Å²) < 4.78 is 49.3. The first-order chi connectivity index (χ1) is 27.3. The Labute approximate surface area is 478 Å². The van der Waals surface area contributed by atoms with Gasteiger partial charge in [0.2, 0.25) is 0 Å². The van der Waals surface area contributed by atoms with Gasteiger partial charge in [0.15, 0.2) is 39.7 Å². The first-order valence-corrected chi connectivity index (χ1v) is 29.4. The van der Waals surface area contributed by atoms with Gasteiger partial charge in [-0.2, -0.15) is 0 Å². The van der Waals surface area contributed by atoms with E-state index in [1.807, 2.05) is 0 Å². The van der Waals surface area contributed by atoms with Crippen LogP contribution >= 0.6 is 87.2 Å². The number of aliphatic hydroxyl groups excluding tert-OH is 4. The van der Waals surface area contributed by atoms with Gasteiger partial charge >= 0.3 is 137 Å². The monoisotopic (exact) mass is 1110 g/mol. The van der Waals surface area contributed by atoms with Crippen LogP contribution in [0.5, 0.6) is 0 Å². The van der Waals surface area contributed by atoms with Crippen molar-refractivity contribution < 1.29 is 176 Å². The summed E-state index contributed by atoms with van der Waals surface area (Å²) >= 11 is 23.4. The Morgan fingerprint density at radius 2 is 1.13 bits per heavy atom. The fraction of sp³-hybridized carbons (Fsp3) is 0.630. The van der Waals surface area contributed by atoms with E-state index >= 15 is 0 Å². The largest absolute Gasteiger partial charge is 1.00 e. The Balaban J connectivity index is 0.00000341. The zero-order valence-corrected chi connectivity index (χ0v) is 51.1. The van der Waals surface area contributed by atoms with Crippen molar-refractivity contribution in [3.05, 3.63) is 12.7 Å². The van der Waals surface area contributed by atoms with Gasteiger partial charge in [0.1, 0.15) is 23.2 Å². The van der Waals surface area contributed by atoms with E-state index in [-0.39, 0.29) is 167 Å². The first kappa shape index (κ1) is 62.4. The Morgan fingerprint density at radius 3 is 1.52 bits per heavy atom. The fourth-order valence-corrected chi connectivity index (χ4v) is 18.8. The number of hydrogen-bond acceptors (Lipinski definition) is 20. The van der Waals surface area contributed by atoms with E-state index in [0.717, 1.165) is 0 Å². The van der Waals surface area contributed by atoms with Crippen LogP contribution in [-0.2, 0) is 34.1 Å². The quantitative estimate of drug-likeness (QED) is 0.0124. The van der Waals surface area contributed by atoms with Gasteiger partial charge in [0.05, 0.1) is 36.9 Å². The smallest absolute Gasteiger partial charge is 0.390 e. The molecule has 2 saturated carbocycles. The topological polar surface area (TPSA) is 351 Å². The summed E-state index contributed by atoms with van der Waals surface area (Å²) in [6, 6.07) is -1.53. The van der Waals surface area contributed by atoms with Crippen LogP contribution in [0.25, 0.3) is 22.3 Å². The molecular formula is C27H40Cl2N10Na4O12P4S4+4. The summed E-state index contributed by atoms with van der Waals surface area (Å²) in [6.45, 7) is -8.94. The zero-order chi connectivity index (χ0) is 43.6. The average Bonchev–Trinajstić information content (AvgIpc) is 3.90. The molecule has 0 radical (unpaired) electrons. The zero-order valence-electron chi connectivity index (χ0n) is 34.6. The van der Waals surface area contributed by atoms with Gasteiger partial charge in [-0.1, -0.05) is 59.0 Å². The predicted octanol–water partition coefficient (Wildman–Crippen LogP) is -8.45. The molecule has 0 aromatic carbocycles. The summed E-state index contributed by atoms with van der Waals surface area (Å²) in [7, 11) is -11.7. The van der Waals surface area contributed by atoms with Crippen molar-refractivity contribution >= 4 is 133 Å². The number of nitrogen functional groups attached to an aromatic ring is 2. The van der Waals surface area contributed by atoms with Crippen LogP contribution in [0.15, 0.2) is 23.0 Å². The number of rotatable bonds is 16. The summed E-state index contributed by atoms with van der Waals surface area (Å²) in [5, 5.41) is 44.4. The normalized spacial score (nSPS) is 27.5. The molecule has 36 heteroatoms. The van der Waals surface area contributed by atoms with Crippen LogP contribution in [0.4, 0.5) is 11.6 Å². The van der Waals surface area contributed by atoms with E-state index in [0.29, 0.717) is 21.6 Å². The minimum absolute atomic E-state index is 0. The van der Waals surface area contributed by atoms with E-state index in [1.54, 1.807) is 12.5 Å². The van der Waals surface area contributed by atoms with Gasteiger partial charge in [0.25, 0.3) is 6.57 Å². The van der Waals surface area contributed by atoms with Crippen LogP contribution in [0.2, 0.25) is 0 Å². The molecule has 4 aromatic heterocycles. The number of aliphatic hydroxyl groups is 4. The van der Waals surface area contributed by atoms with Crippen molar-refractivity contribution in [2.75, 3.05) is 36.3 Å². The number of imidazole rings is 2. The third-order valence-electron chi connectivity index (χ3n) is 10.2. The molecule has 2 fully saturated rings. The molecule has 6 rings (SSSR count). The fourth-order valence-electron chi connectivity index (χ4n) is 7.17. The average molecular weight is 1110 g/mol. The second-order valence-corrected chi connectivity index (χ2v) is 29.9. The third kappa shape index (κ3) is 13.5. The van der Waals surface area contributed by atoms with Gasteiger partial charge in [-0.05, 0) is 61.8 Å². The maximum Gasteiger partial charge on any atom is 1.00 e. The second kappa shape index (κ2) is 24.4. The van der Waals surface area contributed by atoms with Gasteiger partial charge in [0, 0.05) is 12.3 Å². The molecule has 4 heterocycles. The summed E-state index contributed by atoms with van der Waals surface area (Å²) in [6.07, 6.45) is -0.509. The number of hydrogen-bond donors (Lipinski definition) is 10. The van der Waals surface area contributed by atoms with Gasteiger partial charge in [-0.25, -0.2) is 38.5 Å². The van der Waals surface area contributed by atoms with E-state index in [9.17, 15) is 48.8 Å². The first-order valence-electron chi connectivity index (χ1n) is 17.2. The Kier molecular flexibility index (Phi) is 24.1. The number of fused-ring (bicyclic) bond motifs is 2. The molecule has 0 spiro atoms. The molecule has 2 aliphatic rings. The van der Waals surface area contributed by atoms with Crippen LogP contribution in [-0.4, -0.2) is 127 Å². The molecule has 0 aliphatic heterocycles. The third-order valence-corrected chi connectivity index (χ3v) is 24.6. The molecule has 22 nitrogen and oxygen atoms in total. The standard InChI is InChI=1S/C27H40Cl2N10O12P4S4.4Na/c1-58-25-34-21(30)15-23(36-25)38(9-32-15)13-7-11(17(40)19(13)42)3-5-52(44,56)50-54(46,47)27(28,29)55(48,49)51-53(45,57)6-4-12-8-14(20(43)18(12)41)39-10-33-16-22(31)35-26(59-2)37-24(16)39;;;;/h9-14,17-20,40-43H,3-8H2,1-2H3,(H,44,56)(H,45,57)(H,46,47)(H,48,49)(H2,30,34,36)(H2,31,35,37);;;;/q;4*+1/t11-,12-,13+,14+,17+,18+,19-,20-,52?,53?;;;;/m0..../s1. The molecular weight excluding hydrogens is 1070 g/mol. The number of halogens is 2. The number of nitrogens with zero attached hydrogens (tertiary/aromatic N) is 8. The van der Waals surface area contributed by atoms with Crippen molar-refractivity contribution in [2.24, 2.45) is 11.8 Å². The number of anilines is 2. The SMILES string of the molecule is CSc1nc(N)c2ncn([C@@H]3C[C@H](CCP(=O)(S)OP(=O)(O)C(Cl)(Cl)P(=O)(O)OP(O)(=S)CC[C@H]4C[C@@H](n5cnc6c(N)nc(SC)nc65)[C@H](O)[C@@H]4O)[C@@H](O)[C@H]3O)c2n1.[Na+].[Na+].[Na+].[Na+]. The Bertz CT molecular complexity index is 2300. The number of alkyl halides is 2. The van der Waals surface area contributed by atoms with E-state index < -0.39 is 92.7 Å². The molecule has 0 bridgehead atoms. The Hall–Kier alpha value is 3.31. The van der Waals surface area contributed by atoms with E-state index in [1.165, 1.54) is 45.3 Å². The van der Waals surface area contributed by atoms with E-state index in [4.69, 9.17) is 55.1 Å². The molecule has 0 saturated heterocycles. The maximum absolute atomic E-state index is 13.4. The number of thioether (sulfide) groups is 2. The van der Waals surface area contributed by atoms with Crippen LogP contribution in [0.1, 0.15) is 37.8 Å². The minimum Gasteiger partial charge on any atom is -0.390 e. The minimum atomic E-state index is -5.87. The molecule has 328 valence electrons. The second-order valence-electron chi connectivity index (χ2n) is 13.9. The van der Waals surface area contributed by atoms with Gasteiger partial charge < -0.3 is 55.7 Å². The number of aromatic nitrogens is 8. The van der Waals surface area contributed by atoms with Gasteiger partial charge in [-0.15, -0.1) is 0 Å². The van der Waals surface area contributed by atoms with Crippen LogP contribution in [0.3, 0.4) is 0 Å². The van der Waals surface area contributed by atoms with Crippen molar-refractivity contribution in [3.63, 3.8) is 0 Å². The van der Waals surface area contributed by atoms with Crippen molar-refractivity contribution in [1.82, 2.24) is 39.0 Å². The van der Waals surface area contributed by atoms with Crippen LogP contribution < -0.4 is 130 Å². The van der Waals surface area contributed by atoms with E-state index in [2.05, 4.69) is 42.2 Å². The molecule has 2 aliphatic carbocycles. The van der Waals surface area contributed by atoms with Crippen molar-refractivity contribution in [1.29, 1.82) is 0 Å². The van der Waals surface area contributed by atoms with Crippen LogP contribution in [0, 0.1) is 11.8 Å². The predicted molar refractivity (Wildman–Crippen MR) is 230 cm³/mol. The molecule has 11 N–H and O–H groups in total. The molecule has 12 atom stereocenters. The maximum atomic E-state index is 13.4. The number of thiol groups is 1. The molecule has 0 amide bonds. The Morgan fingerprint density at radius 1 is 0.746 bits per heavy atom. The molecule has 4 unspecified atom stereocenters. The molecule has 63 heavy (non-hydrogen) atoms. The van der Waals surface area contributed by atoms with Crippen molar-refractivity contribution in [2.45, 2.75) is 76.3 Å². The van der Waals surface area contributed by atoms with Gasteiger partial charge in [-0.3, -0.25) is 13.7 Å². The molecule has 4 aromatic rings. The summed E-state index contributed by atoms with van der Waals surface area (Å²) in [4.78, 5) is 58.0. The summed E-state index contributed by atoms with van der Waals surface area (Å²) in [5.74, 6) is -1.29. The van der Waals surface area contributed by atoms with Crippen molar-refractivity contribution in [3.8, 4) is 0 Å². The number of nitrogens with two attached hydrogens (primary N) is 2. The summed E-state index contributed by atoms with van der Waals surface area (Å²) in [5.41, 5.74) is 13.2.